The summed E-state index contributed by atoms with van der Waals surface area (Å²) >= 11 is 0. The zero-order valence-electron chi connectivity index (χ0n) is 12.4. The fourth-order valence-corrected chi connectivity index (χ4v) is 3.11. The lowest BCUT2D eigenvalue weighted by Gasteiger charge is -2.22. The van der Waals surface area contributed by atoms with Crippen molar-refractivity contribution in [2.24, 2.45) is 0 Å². The van der Waals surface area contributed by atoms with E-state index < -0.39 is 0 Å². The molecule has 114 valence electrons. The van der Waals surface area contributed by atoms with Crippen molar-refractivity contribution in [2.45, 2.75) is 38.1 Å². The standard InChI is InChI=1S/C16H22FN3O/c1-20-7-2-3-12(6-8-20)18-15-10-14-11(9-13(15)17)4-5-16(21)19-14/h9-10,12,18H,2-8H2,1H3,(H,19,21). The Balaban J connectivity index is 1.76. The fourth-order valence-electron chi connectivity index (χ4n) is 3.11. The first kappa shape index (κ1) is 14.3. The molecule has 2 N–H and O–H groups in total. The number of benzene rings is 1. The Kier molecular flexibility index (Phi) is 4.10. The average molecular weight is 291 g/mol. The lowest BCUT2D eigenvalue weighted by molar-refractivity contribution is -0.116. The second-order valence-corrected chi connectivity index (χ2v) is 6.11. The molecule has 1 unspecified atom stereocenters. The normalized spacial score (nSPS) is 23.1. The topological polar surface area (TPSA) is 44.4 Å². The van der Waals surface area contributed by atoms with Crippen molar-refractivity contribution in [3.63, 3.8) is 0 Å². The number of nitrogens with one attached hydrogen (secondary N) is 2. The summed E-state index contributed by atoms with van der Waals surface area (Å²) in [4.78, 5) is 13.8. The van der Waals surface area contributed by atoms with Crippen molar-refractivity contribution in [3.05, 3.63) is 23.5 Å². The molecule has 4 nitrogen and oxygen atoms in total. The average Bonchev–Trinajstić information content (AvgIpc) is 2.65. The maximum atomic E-state index is 14.2. The molecule has 1 saturated heterocycles. The van der Waals surface area contributed by atoms with Gasteiger partial charge in [0.2, 0.25) is 5.91 Å². The highest BCUT2D eigenvalue weighted by Crippen LogP contribution is 2.29. The Morgan fingerprint density at radius 2 is 2.14 bits per heavy atom. The monoisotopic (exact) mass is 291 g/mol. The van der Waals surface area contributed by atoms with E-state index in [1.807, 2.05) is 0 Å². The minimum absolute atomic E-state index is 0.0103. The summed E-state index contributed by atoms with van der Waals surface area (Å²) in [5.41, 5.74) is 2.14. The van der Waals surface area contributed by atoms with Crippen molar-refractivity contribution in [2.75, 3.05) is 30.8 Å². The Morgan fingerprint density at radius 1 is 1.29 bits per heavy atom. The van der Waals surface area contributed by atoms with Gasteiger partial charge >= 0.3 is 0 Å². The SMILES string of the molecule is CN1CCCC(Nc2cc3c(cc2F)CCC(=O)N3)CC1. The molecule has 21 heavy (non-hydrogen) atoms. The van der Waals surface area contributed by atoms with Gasteiger partial charge in [0.15, 0.2) is 0 Å². The first-order valence-electron chi connectivity index (χ1n) is 7.69. The fraction of sp³-hybridized carbons (Fsp3) is 0.562. The van der Waals surface area contributed by atoms with E-state index in [4.69, 9.17) is 0 Å². The molecule has 0 spiro atoms. The summed E-state index contributed by atoms with van der Waals surface area (Å²) < 4.78 is 14.2. The van der Waals surface area contributed by atoms with Gasteiger partial charge in [-0.05, 0) is 63.5 Å². The van der Waals surface area contributed by atoms with Gasteiger partial charge < -0.3 is 15.5 Å². The highest BCUT2D eigenvalue weighted by molar-refractivity contribution is 5.94. The van der Waals surface area contributed by atoms with Crippen LogP contribution in [-0.4, -0.2) is 37.0 Å². The quantitative estimate of drug-likeness (QED) is 0.880. The number of fused-ring (bicyclic) bond motifs is 1. The van der Waals surface area contributed by atoms with E-state index in [9.17, 15) is 9.18 Å². The highest BCUT2D eigenvalue weighted by atomic mass is 19.1. The summed E-state index contributed by atoms with van der Waals surface area (Å²) in [6, 6.07) is 3.60. The van der Waals surface area contributed by atoms with Gasteiger partial charge in [-0.1, -0.05) is 0 Å². The number of carbonyl (C=O) groups excluding carboxylic acids is 1. The van der Waals surface area contributed by atoms with E-state index in [2.05, 4.69) is 22.6 Å². The van der Waals surface area contributed by atoms with Gasteiger partial charge in [-0.15, -0.1) is 0 Å². The van der Waals surface area contributed by atoms with Crippen molar-refractivity contribution < 1.29 is 9.18 Å². The molecule has 2 heterocycles. The van der Waals surface area contributed by atoms with Crippen LogP contribution in [0, 0.1) is 5.82 Å². The van der Waals surface area contributed by atoms with Gasteiger partial charge in [-0.25, -0.2) is 4.39 Å². The Labute approximate surface area is 124 Å². The van der Waals surface area contributed by atoms with Crippen LogP contribution in [0.5, 0.6) is 0 Å². The number of hydrogen-bond donors (Lipinski definition) is 2. The van der Waals surface area contributed by atoms with Gasteiger partial charge in [-0.3, -0.25) is 4.79 Å². The maximum absolute atomic E-state index is 14.2. The number of halogens is 1. The number of likely N-dealkylation sites (tertiary alicyclic amines) is 1. The number of nitrogens with zero attached hydrogens (tertiary/aromatic N) is 1. The van der Waals surface area contributed by atoms with Crippen LogP contribution in [0.1, 0.15) is 31.2 Å². The first-order chi connectivity index (χ1) is 10.1. The minimum Gasteiger partial charge on any atom is -0.380 e. The first-order valence-corrected chi connectivity index (χ1v) is 7.69. The Hall–Kier alpha value is -1.62. The molecule has 0 bridgehead atoms. The molecule has 3 rings (SSSR count). The zero-order chi connectivity index (χ0) is 14.8. The lowest BCUT2D eigenvalue weighted by Crippen LogP contribution is -2.24. The van der Waals surface area contributed by atoms with E-state index in [0.717, 1.165) is 43.6 Å². The van der Waals surface area contributed by atoms with Gasteiger partial charge in [-0.2, -0.15) is 0 Å². The number of anilines is 2. The third-order valence-electron chi connectivity index (χ3n) is 4.40. The molecule has 1 fully saturated rings. The second kappa shape index (κ2) is 6.02. The minimum atomic E-state index is -0.220. The number of hydrogen-bond acceptors (Lipinski definition) is 3. The van der Waals surface area contributed by atoms with Crippen LogP contribution in [0.25, 0.3) is 0 Å². The van der Waals surface area contributed by atoms with E-state index >= 15 is 0 Å². The molecular formula is C16H22FN3O. The van der Waals surface area contributed by atoms with Gasteiger partial charge in [0.25, 0.3) is 0 Å². The third-order valence-corrected chi connectivity index (χ3v) is 4.40. The van der Waals surface area contributed by atoms with E-state index in [1.54, 1.807) is 12.1 Å². The molecule has 0 aliphatic carbocycles. The van der Waals surface area contributed by atoms with E-state index in [1.165, 1.54) is 0 Å². The van der Waals surface area contributed by atoms with Crippen LogP contribution in [0.2, 0.25) is 0 Å². The summed E-state index contributed by atoms with van der Waals surface area (Å²) in [7, 11) is 2.12. The van der Waals surface area contributed by atoms with E-state index in [-0.39, 0.29) is 11.7 Å². The van der Waals surface area contributed by atoms with E-state index in [0.29, 0.717) is 24.6 Å². The number of amides is 1. The lowest BCUT2D eigenvalue weighted by atomic mass is 10.0. The molecule has 1 atom stereocenters. The second-order valence-electron chi connectivity index (χ2n) is 6.11. The Morgan fingerprint density at radius 3 is 3.00 bits per heavy atom. The van der Waals surface area contributed by atoms with Crippen molar-refractivity contribution >= 4 is 17.3 Å². The molecule has 2 aliphatic rings. The maximum Gasteiger partial charge on any atom is 0.224 e. The van der Waals surface area contributed by atoms with Crippen LogP contribution in [0.4, 0.5) is 15.8 Å². The van der Waals surface area contributed by atoms with Crippen molar-refractivity contribution in [1.29, 1.82) is 0 Å². The van der Waals surface area contributed by atoms with Gasteiger partial charge in [0.1, 0.15) is 5.82 Å². The van der Waals surface area contributed by atoms with Crippen LogP contribution in [0.15, 0.2) is 12.1 Å². The molecule has 5 heteroatoms. The number of carbonyl (C=O) groups is 1. The van der Waals surface area contributed by atoms with Gasteiger partial charge in [0.05, 0.1) is 5.69 Å². The summed E-state index contributed by atoms with van der Waals surface area (Å²) in [5, 5.41) is 6.15. The van der Waals surface area contributed by atoms with Crippen LogP contribution < -0.4 is 10.6 Å². The summed E-state index contributed by atoms with van der Waals surface area (Å²) in [5.74, 6) is -0.210. The highest BCUT2D eigenvalue weighted by Gasteiger charge is 2.20. The largest absolute Gasteiger partial charge is 0.380 e. The molecule has 0 saturated carbocycles. The van der Waals surface area contributed by atoms with Crippen molar-refractivity contribution in [3.8, 4) is 0 Å². The third kappa shape index (κ3) is 3.35. The van der Waals surface area contributed by atoms with Crippen LogP contribution >= 0.6 is 0 Å². The van der Waals surface area contributed by atoms with Crippen molar-refractivity contribution in [1.82, 2.24) is 4.90 Å². The predicted octanol–water partition coefficient (Wildman–Crippen LogP) is 2.61. The molecular weight excluding hydrogens is 269 g/mol. The molecule has 1 amide bonds. The molecule has 1 aromatic carbocycles. The molecule has 1 aromatic rings. The molecule has 2 aliphatic heterocycles. The molecule has 0 aromatic heterocycles. The number of rotatable bonds is 2. The number of aryl methyl sites for hydroxylation is 1. The van der Waals surface area contributed by atoms with Crippen LogP contribution in [0.3, 0.4) is 0 Å². The summed E-state index contributed by atoms with van der Waals surface area (Å²) in [6.07, 6.45) is 4.24. The Bertz CT molecular complexity index is 547. The molecule has 0 radical (unpaired) electrons. The predicted molar refractivity (Wildman–Crippen MR) is 82.1 cm³/mol. The summed E-state index contributed by atoms with van der Waals surface area (Å²) in [6.45, 7) is 2.13. The smallest absolute Gasteiger partial charge is 0.224 e. The van der Waals surface area contributed by atoms with Crippen LogP contribution in [-0.2, 0) is 11.2 Å². The zero-order valence-corrected chi connectivity index (χ0v) is 12.4. The van der Waals surface area contributed by atoms with Gasteiger partial charge in [0, 0.05) is 18.2 Å².